The number of aliphatic hydroxyl groups excluding tert-OH is 1. The molecule has 0 bridgehead atoms. The molecule has 15 heavy (non-hydrogen) atoms. The molecular formula is C12H16N2O. The molecule has 1 unspecified atom stereocenters. The Morgan fingerprint density at radius 3 is 2.53 bits per heavy atom. The average molecular weight is 204 g/mol. The maximum Gasteiger partial charge on any atom is 0.0917 e. The van der Waals surface area contributed by atoms with Crippen LogP contribution >= 0.6 is 0 Å². The van der Waals surface area contributed by atoms with Gasteiger partial charge in [-0.3, -0.25) is 4.90 Å². The molecule has 0 amide bonds. The summed E-state index contributed by atoms with van der Waals surface area (Å²) >= 11 is 0. The second-order valence-corrected chi connectivity index (χ2v) is 3.78. The summed E-state index contributed by atoms with van der Waals surface area (Å²) in [7, 11) is 1.82. The first-order chi connectivity index (χ1) is 7.13. The van der Waals surface area contributed by atoms with Crippen molar-refractivity contribution in [1.29, 1.82) is 5.26 Å². The van der Waals surface area contributed by atoms with E-state index < -0.39 is 6.10 Å². The van der Waals surface area contributed by atoms with E-state index in [9.17, 15) is 5.11 Å². The highest BCUT2D eigenvalue weighted by Crippen LogP contribution is 2.14. The lowest BCUT2D eigenvalue weighted by molar-refractivity contribution is 0.133. The van der Waals surface area contributed by atoms with E-state index in [0.717, 1.165) is 5.56 Å². The second kappa shape index (κ2) is 5.50. The molecule has 0 heterocycles. The van der Waals surface area contributed by atoms with Gasteiger partial charge in [0.2, 0.25) is 0 Å². The largest absolute Gasteiger partial charge is 0.387 e. The fourth-order valence-corrected chi connectivity index (χ4v) is 1.37. The van der Waals surface area contributed by atoms with Gasteiger partial charge >= 0.3 is 0 Å². The Balaban J connectivity index is 2.57. The molecule has 1 aromatic rings. The summed E-state index contributed by atoms with van der Waals surface area (Å²) in [6.45, 7) is 2.83. The molecule has 0 fully saturated rings. The standard InChI is InChI=1S/C12H16N2O/c1-10-3-5-11(6-4-10)12(15)9-14(2)8-7-13/h3-6,12,15H,8-9H2,1-2H3. The minimum atomic E-state index is -0.524. The molecule has 0 aliphatic carbocycles. The maximum atomic E-state index is 9.86. The van der Waals surface area contributed by atoms with Gasteiger partial charge in [-0.05, 0) is 19.5 Å². The van der Waals surface area contributed by atoms with Crippen LogP contribution in [0.5, 0.6) is 0 Å². The van der Waals surface area contributed by atoms with Crippen molar-refractivity contribution in [3.8, 4) is 6.07 Å². The molecule has 3 nitrogen and oxygen atoms in total. The molecule has 1 N–H and O–H groups in total. The number of aliphatic hydroxyl groups is 1. The minimum absolute atomic E-state index is 0.336. The zero-order chi connectivity index (χ0) is 11.3. The number of benzene rings is 1. The SMILES string of the molecule is Cc1ccc(C(O)CN(C)CC#N)cc1. The van der Waals surface area contributed by atoms with Crippen LogP contribution in [-0.4, -0.2) is 30.1 Å². The van der Waals surface area contributed by atoms with Crippen LogP contribution in [0.25, 0.3) is 0 Å². The molecule has 0 radical (unpaired) electrons. The highest BCUT2D eigenvalue weighted by Gasteiger charge is 2.09. The van der Waals surface area contributed by atoms with Crippen LogP contribution < -0.4 is 0 Å². The van der Waals surface area contributed by atoms with Crippen molar-refractivity contribution >= 4 is 0 Å². The van der Waals surface area contributed by atoms with E-state index in [-0.39, 0.29) is 0 Å². The first kappa shape index (κ1) is 11.7. The van der Waals surface area contributed by atoms with Gasteiger partial charge in [0.1, 0.15) is 0 Å². The lowest BCUT2D eigenvalue weighted by Gasteiger charge is -2.17. The fourth-order valence-electron chi connectivity index (χ4n) is 1.37. The number of hydrogen-bond donors (Lipinski definition) is 1. The number of hydrogen-bond acceptors (Lipinski definition) is 3. The van der Waals surface area contributed by atoms with Crippen molar-refractivity contribution in [2.45, 2.75) is 13.0 Å². The van der Waals surface area contributed by atoms with Crippen LogP contribution in [0.3, 0.4) is 0 Å². The quantitative estimate of drug-likeness (QED) is 0.756. The van der Waals surface area contributed by atoms with Crippen molar-refractivity contribution in [3.05, 3.63) is 35.4 Å². The van der Waals surface area contributed by atoms with Crippen LogP contribution in [0.15, 0.2) is 24.3 Å². The summed E-state index contributed by atoms with van der Waals surface area (Å²) in [6.07, 6.45) is -0.524. The molecule has 1 atom stereocenters. The predicted molar refractivity (Wildman–Crippen MR) is 59.2 cm³/mol. The average Bonchev–Trinajstić information content (AvgIpc) is 2.18. The van der Waals surface area contributed by atoms with Crippen LogP contribution in [-0.2, 0) is 0 Å². The number of nitrogens with zero attached hydrogens (tertiary/aromatic N) is 2. The third-order valence-electron chi connectivity index (χ3n) is 2.29. The molecule has 0 saturated carbocycles. The normalized spacial score (nSPS) is 12.5. The van der Waals surface area contributed by atoms with E-state index in [1.807, 2.05) is 44.3 Å². The Morgan fingerprint density at radius 2 is 2.00 bits per heavy atom. The number of likely N-dealkylation sites (N-methyl/N-ethyl adjacent to an activating group) is 1. The summed E-state index contributed by atoms with van der Waals surface area (Å²) in [4.78, 5) is 1.80. The van der Waals surface area contributed by atoms with Crippen LogP contribution in [0.1, 0.15) is 17.2 Å². The molecule has 0 saturated heterocycles. The van der Waals surface area contributed by atoms with Crippen molar-refractivity contribution in [2.24, 2.45) is 0 Å². The Labute approximate surface area is 90.6 Å². The number of nitriles is 1. The van der Waals surface area contributed by atoms with Crippen molar-refractivity contribution in [2.75, 3.05) is 20.1 Å². The zero-order valence-corrected chi connectivity index (χ0v) is 9.14. The van der Waals surface area contributed by atoms with Crippen LogP contribution in [0.4, 0.5) is 0 Å². The van der Waals surface area contributed by atoms with Gasteiger partial charge in [0, 0.05) is 6.54 Å². The van der Waals surface area contributed by atoms with Gasteiger partial charge < -0.3 is 5.11 Å². The van der Waals surface area contributed by atoms with Gasteiger partial charge in [0.25, 0.3) is 0 Å². The van der Waals surface area contributed by atoms with E-state index >= 15 is 0 Å². The second-order valence-electron chi connectivity index (χ2n) is 3.78. The zero-order valence-electron chi connectivity index (χ0n) is 9.14. The Kier molecular flexibility index (Phi) is 4.29. The topological polar surface area (TPSA) is 47.3 Å². The van der Waals surface area contributed by atoms with Gasteiger partial charge in [-0.1, -0.05) is 29.8 Å². The molecule has 80 valence electrons. The van der Waals surface area contributed by atoms with E-state index in [4.69, 9.17) is 5.26 Å². The Morgan fingerprint density at radius 1 is 1.40 bits per heavy atom. The smallest absolute Gasteiger partial charge is 0.0917 e. The van der Waals surface area contributed by atoms with E-state index in [1.165, 1.54) is 5.56 Å². The molecule has 3 heteroatoms. The van der Waals surface area contributed by atoms with Crippen molar-refractivity contribution in [1.82, 2.24) is 4.90 Å². The monoisotopic (exact) mass is 204 g/mol. The van der Waals surface area contributed by atoms with Gasteiger partial charge in [0.15, 0.2) is 0 Å². The first-order valence-electron chi connectivity index (χ1n) is 4.93. The maximum absolute atomic E-state index is 9.86. The Hall–Kier alpha value is -1.37. The minimum Gasteiger partial charge on any atom is -0.387 e. The van der Waals surface area contributed by atoms with E-state index in [2.05, 4.69) is 0 Å². The molecule has 0 aliphatic rings. The molecule has 0 spiro atoms. The van der Waals surface area contributed by atoms with Crippen molar-refractivity contribution < 1.29 is 5.11 Å². The third-order valence-corrected chi connectivity index (χ3v) is 2.29. The summed E-state index contributed by atoms with van der Waals surface area (Å²) in [6, 6.07) is 9.83. The third kappa shape index (κ3) is 3.70. The van der Waals surface area contributed by atoms with E-state index in [0.29, 0.717) is 13.1 Å². The molecule has 0 aromatic heterocycles. The lowest BCUT2D eigenvalue weighted by Crippen LogP contribution is -2.24. The summed E-state index contributed by atoms with van der Waals surface area (Å²) in [5, 5.41) is 18.3. The molecule has 0 aliphatic heterocycles. The molecular weight excluding hydrogens is 188 g/mol. The molecule has 1 rings (SSSR count). The Bertz CT molecular complexity index is 340. The van der Waals surface area contributed by atoms with Gasteiger partial charge in [-0.2, -0.15) is 5.26 Å². The number of aryl methyl sites for hydroxylation is 1. The van der Waals surface area contributed by atoms with Gasteiger partial charge in [0.05, 0.1) is 18.7 Å². The van der Waals surface area contributed by atoms with Crippen molar-refractivity contribution in [3.63, 3.8) is 0 Å². The predicted octanol–water partition coefficient (Wildman–Crippen LogP) is 1.48. The lowest BCUT2D eigenvalue weighted by atomic mass is 10.1. The summed E-state index contributed by atoms with van der Waals surface area (Å²) in [5.74, 6) is 0. The first-order valence-corrected chi connectivity index (χ1v) is 4.93. The van der Waals surface area contributed by atoms with Gasteiger partial charge in [-0.15, -0.1) is 0 Å². The number of rotatable bonds is 4. The summed E-state index contributed by atoms with van der Waals surface area (Å²) in [5.41, 5.74) is 2.07. The highest BCUT2D eigenvalue weighted by molar-refractivity contribution is 5.23. The highest BCUT2D eigenvalue weighted by atomic mass is 16.3. The fraction of sp³-hybridized carbons (Fsp3) is 0.417. The van der Waals surface area contributed by atoms with Crippen LogP contribution in [0.2, 0.25) is 0 Å². The van der Waals surface area contributed by atoms with E-state index in [1.54, 1.807) is 4.90 Å². The van der Waals surface area contributed by atoms with Crippen LogP contribution in [0, 0.1) is 18.3 Å². The van der Waals surface area contributed by atoms with Gasteiger partial charge in [-0.25, -0.2) is 0 Å². The summed E-state index contributed by atoms with van der Waals surface area (Å²) < 4.78 is 0. The molecule has 1 aromatic carbocycles.